The molecule has 0 bridgehead atoms. The second-order valence-corrected chi connectivity index (χ2v) is 7.32. The number of aryl methyl sites for hydroxylation is 1. The lowest BCUT2D eigenvalue weighted by atomic mass is 10.1. The van der Waals surface area contributed by atoms with Crippen molar-refractivity contribution in [2.24, 2.45) is 5.92 Å². The van der Waals surface area contributed by atoms with Crippen LogP contribution in [0.3, 0.4) is 0 Å². The molecule has 2 heterocycles. The first-order valence-corrected chi connectivity index (χ1v) is 9.22. The Balaban J connectivity index is 2.01. The summed E-state index contributed by atoms with van der Waals surface area (Å²) in [5, 5.41) is 14.4. The van der Waals surface area contributed by atoms with Gasteiger partial charge in [0.25, 0.3) is 5.91 Å². The molecule has 0 spiro atoms. The minimum Gasteiger partial charge on any atom is -0.481 e. The third-order valence-electron chi connectivity index (χ3n) is 5.07. The van der Waals surface area contributed by atoms with Crippen LogP contribution < -0.4 is 0 Å². The van der Waals surface area contributed by atoms with Gasteiger partial charge in [0.2, 0.25) is 0 Å². The van der Waals surface area contributed by atoms with Gasteiger partial charge in [-0.3, -0.25) is 9.59 Å². The molecule has 1 amide bonds. The van der Waals surface area contributed by atoms with Crippen molar-refractivity contribution < 1.29 is 14.7 Å². The van der Waals surface area contributed by atoms with Crippen LogP contribution in [0, 0.1) is 12.8 Å². The highest BCUT2D eigenvalue weighted by Crippen LogP contribution is 2.31. The van der Waals surface area contributed by atoms with Crippen LogP contribution >= 0.6 is 0 Å². The minimum atomic E-state index is -0.885. The van der Waals surface area contributed by atoms with Gasteiger partial charge in [-0.1, -0.05) is 13.8 Å². The van der Waals surface area contributed by atoms with Gasteiger partial charge in [-0.05, 0) is 39.2 Å². The lowest BCUT2D eigenvalue weighted by molar-refractivity contribution is -0.141. The van der Waals surface area contributed by atoms with E-state index in [0.29, 0.717) is 11.2 Å². The van der Waals surface area contributed by atoms with Crippen LogP contribution in [0.15, 0.2) is 12.3 Å². The van der Waals surface area contributed by atoms with Crippen molar-refractivity contribution in [3.8, 4) is 0 Å². The summed E-state index contributed by atoms with van der Waals surface area (Å²) in [6, 6.07) is 2.11. The fraction of sp³-hybridized carbons (Fsp3) is 0.579. The molecule has 26 heavy (non-hydrogen) atoms. The van der Waals surface area contributed by atoms with Crippen molar-refractivity contribution in [1.82, 2.24) is 19.7 Å². The maximum atomic E-state index is 13.3. The minimum absolute atomic E-state index is 0.125. The average molecular weight is 358 g/mol. The first-order chi connectivity index (χ1) is 12.3. The summed E-state index contributed by atoms with van der Waals surface area (Å²) < 4.78 is 1.86. The molecule has 2 atom stereocenters. The van der Waals surface area contributed by atoms with Gasteiger partial charge in [0.05, 0.1) is 29.1 Å². The average Bonchev–Trinajstić information content (AvgIpc) is 3.36. The number of rotatable bonds is 7. The summed E-state index contributed by atoms with van der Waals surface area (Å²) in [5.41, 5.74) is 2.03. The van der Waals surface area contributed by atoms with Crippen LogP contribution in [0.5, 0.6) is 0 Å². The van der Waals surface area contributed by atoms with Gasteiger partial charge in [-0.2, -0.15) is 5.10 Å². The normalized spacial score (nSPS) is 16.5. The van der Waals surface area contributed by atoms with Crippen molar-refractivity contribution >= 4 is 22.9 Å². The standard InChI is InChI=1S/C19H26N4O3/c1-5-13(4)23-17-16(9-20-23)15(8-12(3)21-17)18(24)22(14-6-7-14)10-11(2)19(25)26/h8-9,11,13-14H,5-7,10H2,1-4H3,(H,25,26). The van der Waals surface area contributed by atoms with Crippen molar-refractivity contribution in [2.45, 2.75) is 59.0 Å². The summed E-state index contributed by atoms with van der Waals surface area (Å²) in [5.74, 6) is -1.61. The SMILES string of the molecule is CCC(C)n1ncc2c(C(=O)N(CC(C)C(=O)O)C3CC3)cc(C)nc21. The first-order valence-electron chi connectivity index (χ1n) is 9.22. The molecule has 7 heteroatoms. The Kier molecular flexibility index (Phi) is 4.98. The van der Waals surface area contributed by atoms with E-state index in [-0.39, 0.29) is 24.5 Å². The Morgan fingerprint density at radius 2 is 2.08 bits per heavy atom. The molecule has 3 rings (SSSR count). The Morgan fingerprint density at radius 3 is 2.65 bits per heavy atom. The second kappa shape index (κ2) is 7.05. The molecule has 2 aromatic rings. The summed E-state index contributed by atoms with van der Waals surface area (Å²) >= 11 is 0. The van der Waals surface area contributed by atoms with E-state index < -0.39 is 11.9 Å². The Bertz CT molecular complexity index is 841. The zero-order valence-electron chi connectivity index (χ0n) is 15.8. The molecule has 0 aliphatic heterocycles. The van der Waals surface area contributed by atoms with Crippen molar-refractivity contribution in [3.05, 3.63) is 23.5 Å². The van der Waals surface area contributed by atoms with Crippen LogP contribution in [-0.2, 0) is 4.79 Å². The first kappa shape index (κ1) is 18.4. The Hall–Kier alpha value is -2.44. The molecule has 2 unspecified atom stereocenters. The second-order valence-electron chi connectivity index (χ2n) is 7.32. The van der Waals surface area contributed by atoms with E-state index in [1.807, 2.05) is 11.6 Å². The molecule has 0 radical (unpaired) electrons. The molecule has 2 aromatic heterocycles. The predicted molar refractivity (Wildman–Crippen MR) is 98.1 cm³/mol. The number of carboxylic acid groups (broad SMARTS) is 1. The molecule has 1 fully saturated rings. The number of carbonyl (C=O) groups excluding carboxylic acids is 1. The molecule has 140 valence electrons. The monoisotopic (exact) mass is 358 g/mol. The van der Waals surface area contributed by atoms with Gasteiger partial charge in [0.1, 0.15) is 0 Å². The molecule has 0 saturated heterocycles. The van der Waals surface area contributed by atoms with E-state index in [4.69, 9.17) is 0 Å². The van der Waals surface area contributed by atoms with E-state index in [1.165, 1.54) is 0 Å². The smallest absolute Gasteiger partial charge is 0.308 e. The molecule has 1 saturated carbocycles. The van der Waals surface area contributed by atoms with E-state index in [9.17, 15) is 14.7 Å². The van der Waals surface area contributed by atoms with Crippen LogP contribution in [-0.4, -0.2) is 49.2 Å². The van der Waals surface area contributed by atoms with E-state index in [2.05, 4.69) is 23.9 Å². The summed E-state index contributed by atoms with van der Waals surface area (Å²) in [6.07, 6.45) is 4.47. The number of nitrogens with zero attached hydrogens (tertiary/aromatic N) is 4. The molecule has 1 aliphatic rings. The highest BCUT2D eigenvalue weighted by atomic mass is 16.4. The molecule has 0 aromatic carbocycles. The lowest BCUT2D eigenvalue weighted by Gasteiger charge is -2.25. The van der Waals surface area contributed by atoms with Crippen LogP contribution in [0.1, 0.15) is 62.1 Å². The maximum absolute atomic E-state index is 13.3. The molecular formula is C19H26N4O3. The zero-order chi connectivity index (χ0) is 19.0. The van der Waals surface area contributed by atoms with Gasteiger partial charge < -0.3 is 10.0 Å². The molecule has 1 aliphatic carbocycles. The van der Waals surface area contributed by atoms with Gasteiger partial charge in [-0.15, -0.1) is 0 Å². The number of fused-ring (bicyclic) bond motifs is 1. The summed E-state index contributed by atoms with van der Waals surface area (Å²) in [7, 11) is 0. The van der Waals surface area contributed by atoms with E-state index >= 15 is 0 Å². The van der Waals surface area contributed by atoms with E-state index in [1.54, 1.807) is 24.1 Å². The predicted octanol–water partition coefficient (Wildman–Crippen LogP) is 3.04. The maximum Gasteiger partial charge on any atom is 0.308 e. The third-order valence-corrected chi connectivity index (χ3v) is 5.07. The third kappa shape index (κ3) is 3.43. The van der Waals surface area contributed by atoms with Crippen LogP contribution in [0.25, 0.3) is 11.0 Å². The Morgan fingerprint density at radius 1 is 1.38 bits per heavy atom. The summed E-state index contributed by atoms with van der Waals surface area (Å²) in [4.78, 5) is 30.8. The number of aromatic nitrogens is 3. The number of carbonyl (C=O) groups is 2. The number of hydrogen-bond acceptors (Lipinski definition) is 4. The zero-order valence-corrected chi connectivity index (χ0v) is 15.8. The van der Waals surface area contributed by atoms with Crippen LogP contribution in [0.4, 0.5) is 0 Å². The van der Waals surface area contributed by atoms with Crippen LogP contribution in [0.2, 0.25) is 0 Å². The molecule has 1 N–H and O–H groups in total. The number of hydrogen-bond donors (Lipinski definition) is 1. The number of pyridine rings is 1. The van der Waals surface area contributed by atoms with Crippen molar-refractivity contribution in [2.75, 3.05) is 6.54 Å². The van der Waals surface area contributed by atoms with Gasteiger partial charge >= 0.3 is 5.97 Å². The number of amides is 1. The fourth-order valence-electron chi connectivity index (χ4n) is 3.13. The quantitative estimate of drug-likeness (QED) is 0.822. The van der Waals surface area contributed by atoms with E-state index in [0.717, 1.165) is 30.3 Å². The largest absolute Gasteiger partial charge is 0.481 e. The number of aliphatic carboxylic acids is 1. The highest BCUT2D eigenvalue weighted by Gasteiger charge is 2.36. The van der Waals surface area contributed by atoms with Gasteiger partial charge in [0.15, 0.2) is 5.65 Å². The summed E-state index contributed by atoms with van der Waals surface area (Å²) in [6.45, 7) is 7.89. The topological polar surface area (TPSA) is 88.3 Å². The molecule has 7 nitrogen and oxygen atoms in total. The lowest BCUT2D eigenvalue weighted by Crippen LogP contribution is -2.38. The van der Waals surface area contributed by atoms with Gasteiger partial charge in [-0.25, -0.2) is 9.67 Å². The number of carboxylic acids is 1. The highest BCUT2D eigenvalue weighted by molar-refractivity contribution is 6.05. The Labute approximate surface area is 153 Å². The molecular weight excluding hydrogens is 332 g/mol. The van der Waals surface area contributed by atoms with Gasteiger partial charge in [0, 0.05) is 18.3 Å². The van der Waals surface area contributed by atoms with Crippen molar-refractivity contribution in [3.63, 3.8) is 0 Å². The fourth-order valence-corrected chi connectivity index (χ4v) is 3.13. The van der Waals surface area contributed by atoms with Crippen molar-refractivity contribution in [1.29, 1.82) is 0 Å².